The fraction of sp³-hybridized carbons (Fsp3) is 0.0833. The first kappa shape index (κ1) is 17.3. The SMILES string of the molecule is Clc1ccccc1[C@@H]1Oc2ccccc2C2=C1[C@H](c1ccccc1)n1ncnc1N2. The van der Waals surface area contributed by atoms with Crippen molar-refractivity contribution in [3.63, 3.8) is 0 Å². The summed E-state index contributed by atoms with van der Waals surface area (Å²) in [4.78, 5) is 4.45. The second-order valence-electron chi connectivity index (χ2n) is 7.31. The summed E-state index contributed by atoms with van der Waals surface area (Å²) in [6, 6.07) is 26.0. The van der Waals surface area contributed by atoms with E-state index in [0.29, 0.717) is 11.0 Å². The molecule has 0 spiro atoms. The molecule has 4 aromatic rings. The largest absolute Gasteiger partial charge is 0.480 e. The van der Waals surface area contributed by atoms with Crippen molar-refractivity contribution in [3.8, 4) is 5.75 Å². The van der Waals surface area contributed by atoms with E-state index < -0.39 is 0 Å². The van der Waals surface area contributed by atoms with Gasteiger partial charge in [-0.15, -0.1) is 0 Å². The maximum absolute atomic E-state index is 6.63. The Hall–Kier alpha value is -3.57. The molecule has 0 bridgehead atoms. The molecule has 6 heteroatoms. The number of fused-ring (bicyclic) bond motifs is 3. The first-order chi connectivity index (χ1) is 14.8. The lowest BCUT2D eigenvalue weighted by Gasteiger charge is -2.39. The molecule has 6 rings (SSSR count). The molecule has 146 valence electrons. The highest BCUT2D eigenvalue weighted by Gasteiger charge is 2.41. The van der Waals surface area contributed by atoms with Gasteiger partial charge in [0.05, 0.1) is 5.70 Å². The Morgan fingerprint density at radius 1 is 0.900 bits per heavy atom. The Labute approximate surface area is 178 Å². The minimum Gasteiger partial charge on any atom is -0.480 e. The van der Waals surface area contributed by atoms with Crippen LogP contribution in [0.5, 0.6) is 5.75 Å². The molecule has 0 saturated carbocycles. The minimum atomic E-state index is -0.362. The number of hydrogen-bond acceptors (Lipinski definition) is 4. The van der Waals surface area contributed by atoms with Gasteiger partial charge in [-0.05, 0) is 23.8 Å². The highest BCUT2D eigenvalue weighted by molar-refractivity contribution is 6.31. The van der Waals surface area contributed by atoms with Crippen molar-refractivity contribution in [2.45, 2.75) is 12.1 Å². The van der Waals surface area contributed by atoms with Gasteiger partial charge in [0.2, 0.25) is 5.95 Å². The number of nitrogens with zero attached hydrogens (tertiary/aromatic N) is 3. The molecule has 5 nitrogen and oxygen atoms in total. The highest BCUT2D eigenvalue weighted by Crippen LogP contribution is 2.51. The van der Waals surface area contributed by atoms with Crippen molar-refractivity contribution in [2.75, 3.05) is 5.32 Å². The van der Waals surface area contributed by atoms with Crippen LogP contribution in [-0.2, 0) is 0 Å². The molecule has 2 atom stereocenters. The van der Waals surface area contributed by atoms with E-state index in [1.165, 1.54) is 0 Å². The lowest BCUT2D eigenvalue weighted by Crippen LogP contribution is -2.32. The molecule has 2 aliphatic rings. The lowest BCUT2D eigenvalue weighted by molar-refractivity contribution is 0.223. The monoisotopic (exact) mass is 412 g/mol. The molecule has 0 amide bonds. The lowest BCUT2D eigenvalue weighted by atomic mass is 9.84. The number of anilines is 1. The zero-order valence-electron chi connectivity index (χ0n) is 15.9. The van der Waals surface area contributed by atoms with Gasteiger partial charge in [-0.1, -0.05) is 72.3 Å². The first-order valence-electron chi connectivity index (χ1n) is 9.77. The van der Waals surface area contributed by atoms with Crippen molar-refractivity contribution in [1.29, 1.82) is 0 Å². The molecular weight excluding hydrogens is 396 g/mol. The number of ether oxygens (including phenoxy) is 1. The van der Waals surface area contributed by atoms with Gasteiger partial charge in [0.15, 0.2) is 6.10 Å². The minimum absolute atomic E-state index is 0.172. The summed E-state index contributed by atoms with van der Waals surface area (Å²) in [6.07, 6.45) is 1.22. The molecule has 3 aromatic carbocycles. The van der Waals surface area contributed by atoms with E-state index in [4.69, 9.17) is 16.3 Å². The molecule has 3 heterocycles. The summed E-state index contributed by atoms with van der Waals surface area (Å²) in [6.45, 7) is 0. The van der Waals surface area contributed by atoms with Gasteiger partial charge in [0.25, 0.3) is 0 Å². The predicted octanol–water partition coefficient (Wildman–Crippen LogP) is 5.49. The fourth-order valence-corrected chi connectivity index (χ4v) is 4.55. The van der Waals surface area contributed by atoms with Crippen LogP contribution in [0.15, 0.2) is 90.8 Å². The van der Waals surface area contributed by atoms with Gasteiger partial charge < -0.3 is 10.1 Å². The molecular formula is C24H17ClN4O. The molecule has 0 fully saturated rings. The van der Waals surface area contributed by atoms with Gasteiger partial charge in [-0.3, -0.25) is 0 Å². The van der Waals surface area contributed by atoms with Gasteiger partial charge in [-0.2, -0.15) is 10.1 Å². The van der Waals surface area contributed by atoms with Crippen molar-refractivity contribution < 1.29 is 4.74 Å². The third-order valence-electron chi connectivity index (χ3n) is 5.62. The summed E-state index contributed by atoms with van der Waals surface area (Å²) < 4.78 is 8.48. The number of halogens is 1. The van der Waals surface area contributed by atoms with Crippen LogP contribution in [-0.4, -0.2) is 14.8 Å². The van der Waals surface area contributed by atoms with Crippen LogP contribution in [0.1, 0.15) is 28.8 Å². The van der Waals surface area contributed by atoms with Crippen LogP contribution in [0.4, 0.5) is 5.95 Å². The van der Waals surface area contributed by atoms with Gasteiger partial charge in [0.1, 0.15) is 18.1 Å². The van der Waals surface area contributed by atoms with Gasteiger partial charge in [0, 0.05) is 21.7 Å². The maximum atomic E-state index is 6.63. The summed E-state index contributed by atoms with van der Waals surface area (Å²) in [5, 5.41) is 8.70. The number of nitrogens with one attached hydrogen (secondary N) is 1. The number of para-hydroxylation sites is 1. The number of hydrogen-bond donors (Lipinski definition) is 1. The van der Waals surface area contributed by atoms with Gasteiger partial charge in [-0.25, -0.2) is 4.68 Å². The van der Waals surface area contributed by atoms with Crippen molar-refractivity contribution in [2.24, 2.45) is 0 Å². The van der Waals surface area contributed by atoms with Crippen LogP contribution in [0.25, 0.3) is 5.70 Å². The molecule has 2 aliphatic heterocycles. The van der Waals surface area contributed by atoms with Crippen LogP contribution in [0.3, 0.4) is 0 Å². The van der Waals surface area contributed by atoms with Crippen molar-refractivity contribution >= 4 is 23.2 Å². The normalized spacial score (nSPS) is 19.2. The Balaban J connectivity index is 1.66. The van der Waals surface area contributed by atoms with E-state index in [1.807, 2.05) is 65.3 Å². The summed E-state index contributed by atoms with van der Waals surface area (Å²) in [5.74, 6) is 1.52. The Bertz CT molecular complexity index is 1280. The van der Waals surface area contributed by atoms with E-state index in [1.54, 1.807) is 6.33 Å². The number of rotatable bonds is 2. The second-order valence-corrected chi connectivity index (χ2v) is 7.72. The zero-order valence-corrected chi connectivity index (χ0v) is 16.6. The molecule has 1 N–H and O–H groups in total. The molecule has 30 heavy (non-hydrogen) atoms. The fourth-order valence-electron chi connectivity index (χ4n) is 4.32. The molecule has 0 saturated heterocycles. The van der Waals surface area contributed by atoms with E-state index in [-0.39, 0.29) is 12.1 Å². The van der Waals surface area contributed by atoms with Crippen LogP contribution >= 0.6 is 11.6 Å². The summed E-state index contributed by atoms with van der Waals surface area (Å²) >= 11 is 6.63. The van der Waals surface area contributed by atoms with Crippen LogP contribution in [0, 0.1) is 0 Å². The predicted molar refractivity (Wildman–Crippen MR) is 116 cm³/mol. The topological polar surface area (TPSA) is 52.0 Å². The van der Waals surface area contributed by atoms with Crippen LogP contribution < -0.4 is 10.1 Å². The Morgan fingerprint density at radius 3 is 2.53 bits per heavy atom. The molecule has 0 radical (unpaired) electrons. The van der Waals surface area contributed by atoms with E-state index in [0.717, 1.165) is 33.7 Å². The summed E-state index contributed by atoms with van der Waals surface area (Å²) in [5.41, 5.74) is 5.10. The van der Waals surface area contributed by atoms with E-state index in [9.17, 15) is 0 Å². The summed E-state index contributed by atoms with van der Waals surface area (Å²) in [7, 11) is 0. The smallest absolute Gasteiger partial charge is 0.226 e. The molecule has 0 unspecified atom stereocenters. The first-order valence-corrected chi connectivity index (χ1v) is 10.1. The van der Waals surface area contributed by atoms with E-state index in [2.05, 4.69) is 33.6 Å². The van der Waals surface area contributed by atoms with Crippen molar-refractivity contribution in [1.82, 2.24) is 14.8 Å². The van der Waals surface area contributed by atoms with Crippen molar-refractivity contribution in [3.05, 3.63) is 112 Å². The number of benzene rings is 3. The zero-order chi connectivity index (χ0) is 20.1. The Kier molecular flexibility index (Phi) is 3.89. The van der Waals surface area contributed by atoms with E-state index >= 15 is 0 Å². The molecule has 0 aliphatic carbocycles. The average molecular weight is 413 g/mol. The third kappa shape index (κ3) is 2.56. The quantitative estimate of drug-likeness (QED) is 0.473. The van der Waals surface area contributed by atoms with Gasteiger partial charge >= 0.3 is 0 Å². The second kappa shape index (κ2) is 6.75. The molecule has 1 aromatic heterocycles. The maximum Gasteiger partial charge on any atom is 0.226 e. The highest BCUT2D eigenvalue weighted by atomic mass is 35.5. The third-order valence-corrected chi connectivity index (χ3v) is 5.97. The Morgan fingerprint density at radius 2 is 1.67 bits per heavy atom. The van der Waals surface area contributed by atoms with Crippen LogP contribution in [0.2, 0.25) is 5.02 Å². The average Bonchev–Trinajstić information content (AvgIpc) is 3.26. The number of aromatic nitrogens is 3. The standard InChI is InChI=1S/C24H17ClN4O/c25-18-12-6-4-10-16(18)23-20-21(17-11-5-7-13-19(17)30-23)28-24-26-14-27-29(24)22(20)15-8-2-1-3-9-15/h1-14,22-23H,(H,26,27,28)/t22-,23-/m0/s1.